The van der Waals surface area contributed by atoms with Gasteiger partial charge in [-0.3, -0.25) is 0 Å². The third-order valence-corrected chi connectivity index (χ3v) is 4.85. The minimum absolute atomic E-state index is 0.641. The Morgan fingerprint density at radius 2 is 1.94 bits per heavy atom. The molecule has 18 heavy (non-hydrogen) atoms. The number of ether oxygens (including phenoxy) is 1. The van der Waals surface area contributed by atoms with E-state index in [4.69, 9.17) is 4.74 Å². The van der Waals surface area contributed by atoms with Gasteiger partial charge in [-0.25, -0.2) is 0 Å². The molecule has 1 aromatic carbocycles. The fourth-order valence-electron chi connectivity index (χ4n) is 2.75. The summed E-state index contributed by atoms with van der Waals surface area (Å²) in [5.41, 5.74) is 1.45. The number of nitrogens with one attached hydrogen (secondary N) is 1. The molecule has 1 N–H and O–H groups in total. The van der Waals surface area contributed by atoms with Gasteiger partial charge in [0, 0.05) is 6.54 Å². The summed E-state index contributed by atoms with van der Waals surface area (Å²) in [5.74, 6) is 5.05. The molecule has 1 heterocycles. The summed E-state index contributed by atoms with van der Waals surface area (Å²) < 4.78 is 5.24. The first-order valence-corrected chi connectivity index (χ1v) is 7.87. The summed E-state index contributed by atoms with van der Waals surface area (Å²) in [5, 5.41) is 3.35. The molecule has 1 atom stereocenters. The lowest BCUT2D eigenvalue weighted by Gasteiger charge is -2.30. The summed E-state index contributed by atoms with van der Waals surface area (Å²) in [7, 11) is 3.77. The van der Waals surface area contributed by atoms with E-state index in [9.17, 15) is 0 Å². The maximum Gasteiger partial charge on any atom is 0.118 e. The molecule has 1 aliphatic heterocycles. The Morgan fingerprint density at radius 3 is 2.50 bits per heavy atom. The predicted octanol–water partition coefficient (Wildman–Crippen LogP) is 3.14. The summed E-state index contributed by atoms with van der Waals surface area (Å²) in [6.45, 7) is 1.07. The Kier molecular flexibility index (Phi) is 5.39. The van der Waals surface area contributed by atoms with Gasteiger partial charge in [-0.05, 0) is 60.9 Å². The average molecular weight is 265 g/mol. The number of thioether (sulfide) groups is 1. The second-order valence-corrected chi connectivity index (χ2v) is 6.11. The fraction of sp³-hybridized carbons (Fsp3) is 0.600. The monoisotopic (exact) mass is 265 g/mol. The van der Waals surface area contributed by atoms with E-state index in [0.29, 0.717) is 5.92 Å². The lowest BCUT2D eigenvalue weighted by Crippen LogP contribution is -2.26. The van der Waals surface area contributed by atoms with Gasteiger partial charge in [-0.15, -0.1) is 0 Å². The lowest BCUT2D eigenvalue weighted by molar-refractivity contribution is 0.384. The molecular weight excluding hydrogens is 242 g/mol. The minimum atomic E-state index is 0.641. The van der Waals surface area contributed by atoms with E-state index in [1.165, 1.54) is 29.9 Å². The van der Waals surface area contributed by atoms with E-state index >= 15 is 0 Å². The van der Waals surface area contributed by atoms with Gasteiger partial charge in [0.2, 0.25) is 0 Å². The molecule has 0 aromatic heterocycles. The van der Waals surface area contributed by atoms with Crippen LogP contribution in [0.2, 0.25) is 0 Å². The van der Waals surface area contributed by atoms with E-state index in [2.05, 4.69) is 41.3 Å². The Bertz CT molecular complexity index is 346. The van der Waals surface area contributed by atoms with Crippen LogP contribution < -0.4 is 10.1 Å². The molecule has 0 radical (unpaired) electrons. The highest BCUT2D eigenvalue weighted by molar-refractivity contribution is 7.99. The first-order valence-electron chi connectivity index (χ1n) is 6.71. The van der Waals surface area contributed by atoms with Crippen LogP contribution in [0.5, 0.6) is 5.75 Å². The molecule has 0 aliphatic carbocycles. The number of methoxy groups -OCH3 is 1. The van der Waals surface area contributed by atoms with Crippen LogP contribution >= 0.6 is 11.8 Å². The summed E-state index contributed by atoms with van der Waals surface area (Å²) >= 11 is 2.10. The van der Waals surface area contributed by atoms with E-state index in [-0.39, 0.29) is 0 Å². The molecule has 2 rings (SSSR count). The van der Waals surface area contributed by atoms with Gasteiger partial charge in [-0.2, -0.15) is 11.8 Å². The van der Waals surface area contributed by atoms with Crippen LogP contribution in [-0.2, 0) is 0 Å². The van der Waals surface area contributed by atoms with Crippen LogP contribution in [0.25, 0.3) is 0 Å². The highest BCUT2D eigenvalue weighted by atomic mass is 32.2. The maximum atomic E-state index is 5.24. The van der Waals surface area contributed by atoms with Gasteiger partial charge in [0.15, 0.2) is 0 Å². The Hall–Kier alpha value is -0.670. The first kappa shape index (κ1) is 13.8. The van der Waals surface area contributed by atoms with Gasteiger partial charge in [-0.1, -0.05) is 12.1 Å². The van der Waals surface area contributed by atoms with E-state index in [0.717, 1.165) is 18.2 Å². The van der Waals surface area contributed by atoms with Crippen molar-refractivity contribution in [3.63, 3.8) is 0 Å². The van der Waals surface area contributed by atoms with Gasteiger partial charge < -0.3 is 10.1 Å². The summed E-state index contributed by atoms with van der Waals surface area (Å²) in [6.07, 6.45) is 2.70. The second-order valence-electron chi connectivity index (χ2n) is 4.89. The van der Waals surface area contributed by atoms with E-state index in [1.54, 1.807) is 7.11 Å². The topological polar surface area (TPSA) is 21.3 Å². The second kappa shape index (κ2) is 7.05. The fourth-order valence-corrected chi connectivity index (χ4v) is 3.89. The molecule has 1 unspecified atom stereocenters. The Balaban J connectivity index is 2.11. The van der Waals surface area contributed by atoms with E-state index < -0.39 is 0 Å². The molecule has 0 saturated carbocycles. The zero-order valence-corrected chi connectivity index (χ0v) is 12.1. The number of benzene rings is 1. The Morgan fingerprint density at radius 1 is 1.28 bits per heavy atom. The molecule has 1 aliphatic rings. The standard InChI is InChI=1S/C15H23NOS/c1-16-11-15(13-7-9-18-10-8-13)12-3-5-14(17-2)6-4-12/h3-6,13,15-16H,7-11H2,1-2H3. The quantitative estimate of drug-likeness (QED) is 0.884. The van der Waals surface area contributed by atoms with Crippen molar-refractivity contribution in [2.24, 2.45) is 5.92 Å². The van der Waals surface area contributed by atoms with Gasteiger partial charge in [0.05, 0.1) is 7.11 Å². The number of hydrogen-bond acceptors (Lipinski definition) is 3. The van der Waals surface area contributed by atoms with Gasteiger partial charge >= 0.3 is 0 Å². The average Bonchev–Trinajstić information content (AvgIpc) is 2.46. The van der Waals surface area contributed by atoms with Crippen LogP contribution in [0.15, 0.2) is 24.3 Å². The van der Waals surface area contributed by atoms with Crippen molar-refractivity contribution >= 4 is 11.8 Å². The molecule has 2 nitrogen and oxygen atoms in total. The van der Waals surface area contributed by atoms with Crippen LogP contribution in [0.4, 0.5) is 0 Å². The summed E-state index contributed by atoms with van der Waals surface area (Å²) in [4.78, 5) is 0. The third kappa shape index (κ3) is 3.42. The first-order chi connectivity index (χ1) is 8.85. The van der Waals surface area contributed by atoms with Crippen molar-refractivity contribution < 1.29 is 4.74 Å². The molecule has 100 valence electrons. The zero-order chi connectivity index (χ0) is 12.8. The molecule has 1 aromatic rings. The number of likely N-dealkylation sites (N-methyl/N-ethyl adjacent to an activating group) is 1. The van der Waals surface area contributed by atoms with Crippen LogP contribution in [0.1, 0.15) is 24.3 Å². The molecule has 1 fully saturated rings. The smallest absolute Gasteiger partial charge is 0.118 e. The summed E-state index contributed by atoms with van der Waals surface area (Å²) in [6, 6.07) is 8.61. The normalized spacial score (nSPS) is 18.6. The van der Waals surface area contributed by atoms with Gasteiger partial charge in [0.25, 0.3) is 0 Å². The molecule has 3 heteroatoms. The third-order valence-electron chi connectivity index (χ3n) is 3.80. The van der Waals surface area contributed by atoms with Crippen molar-refractivity contribution in [3.05, 3.63) is 29.8 Å². The largest absolute Gasteiger partial charge is 0.497 e. The maximum absolute atomic E-state index is 5.24. The SMILES string of the molecule is CNCC(c1ccc(OC)cc1)C1CCSCC1. The minimum Gasteiger partial charge on any atom is -0.497 e. The molecule has 1 saturated heterocycles. The van der Waals surface area contributed by atoms with Crippen LogP contribution in [0.3, 0.4) is 0 Å². The number of hydrogen-bond donors (Lipinski definition) is 1. The lowest BCUT2D eigenvalue weighted by atomic mass is 9.82. The van der Waals surface area contributed by atoms with Crippen LogP contribution in [0, 0.1) is 5.92 Å². The molecule has 0 bridgehead atoms. The van der Waals surface area contributed by atoms with E-state index in [1.807, 2.05) is 7.05 Å². The number of rotatable bonds is 5. The van der Waals surface area contributed by atoms with Crippen molar-refractivity contribution in [2.75, 3.05) is 32.2 Å². The molecular formula is C15H23NOS. The molecule has 0 amide bonds. The zero-order valence-electron chi connectivity index (χ0n) is 11.3. The van der Waals surface area contributed by atoms with Gasteiger partial charge in [0.1, 0.15) is 5.75 Å². The van der Waals surface area contributed by atoms with Crippen molar-refractivity contribution in [3.8, 4) is 5.75 Å². The predicted molar refractivity (Wildman–Crippen MR) is 79.7 cm³/mol. The highest BCUT2D eigenvalue weighted by Gasteiger charge is 2.24. The van der Waals surface area contributed by atoms with Crippen LogP contribution in [-0.4, -0.2) is 32.2 Å². The highest BCUT2D eigenvalue weighted by Crippen LogP contribution is 2.35. The molecule has 0 spiro atoms. The van der Waals surface area contributed by atoms with Crippen molar-refractivity contribution in [1.29, 1.82) is 0 Å². The van der Waals surface area contributed by atoms with Crippen molar-refractivity contribution in [1.82, 2.24) is 5.32 Å². The Labute approximate surface area is 114 Å². The van der Waals surface area contributed by atoms with Crippen molar-refractivity contribution in [2.45, 2.75) is 18.8 Å².